The highest BCUT2D eigenvalue weighted by Gasteiger charge is 2.22. The van der Waals surface area contributed by atoms with Crippen LogP contribution in [-0.2, 0) is 4.74 Å². The van der Waals surface area contributed by atoms with Gasteiger partial charge in [-0.05, 0) is 31.0 Å². The first-order valence-electron chi connectivity index (χ1n) is 6.17. The molecule has 1 aliphatic rings. The maximum atomic E-state index is 11.5. The number of carbonyl (C=O) groups excluding carboxylic acids is 1. The number of ether oxygens (including phenoxy) is 1. The largest absolute Gasteiger partial charge is 0.465 e. The molecule has 0 amide bonds. The van der Waals surface area contributed by atoms with Gasteiger partial charge in [-0.2, -0.15) is 11.8 Å². The van der Waals surface area contributed by atoms with Crippen LogP contribution >= 0.6 is 11.8 Å². The van der Waals surface area contributed by atoms with E-state index in [0.717, 1.165) is 17.0 Å². The maximum absolute atomic E-state index is 11.5. The van der Waals surface area contributed by atoms with E-state index in [9.17, 15) is 4.79 Å². The Balaban J connectivity index is 2.13. The standard InChI is InChI=1S/C14H19NO2S/c1-9-4-5-11(14(16)17-3)7-13(9)15-12-6-10(2)18-8-12/h4-5,7,10,12,15H,6,8H2,1-3H3. The zero-order valence-electron chi connectivity index (χ0n) is 11.0. The fourth-order valence-corrected chi connectivity index (χ4v) is 3.31. The minimum absolute atomic E-state index is 0.285. The van der Waals surface area contributed by atoms with Crippen LogP contribution in [0.3, 0.4) is 0 Å². The van der Waals surface area contributed by atoms with Crippen molar-refractivity contribution in [2.45, 2.75) is 31.6 Å². The van der Waals surface area contributed by atoms with Crippen LogP contribution in [0, 0.1) is 6.92 Å². The van der Waals surface area contributed by atoms with E-state index < -0.39 is 0 Å². The molecule has 4 heteroatoms. The van der Waals surface area contributed by atoms with Crippen molar-refractivity contribution in [2.75, 3.05) is 18.2 Å². The Morgan fingerprint density at radius 2 is 2.28 bits per heavy atom. The first-order chi connectivity index (χ1) is 8.60. The summed E-state index contributed by atoms with van der Waals surface area (Å²) in [5, 5.41) is 4.24. The van der Waals surface area contributed by atoms with E-state index in [1.54, 1.807) is 6.07 Å². The second-order valence-corrected chi connectivity index (χ2v) is 6.21. The third kappa shape index (κ3) is 2.99. The molecule has 0 saturated carbocycles. The maximum Gasteiger partial charge on any atom is 0.337 e. The highest BCUT2D eigenvalue weighted by atomic mass is 32.2. The zero-order valence-corrected chi connectivity index (χ0v) is 11.8. The van der Waals surface area contributed by atoms with Gasteiger partial charge in [0.2, 0.25) is 0 Å². The van der Waals surface area contributed by atoms with Gasteiger partial charge in [-0.3, -0.25) is 0 Å². The molecule has 1 saturated heterocycles. The summed E-state index contributed by atoms with van der Waals surface area (Å²) in [7, 11) is 1.41. The molecule has 1 fully saturated rings. The van der Waals surface area contributed by atoms with E-state index in [1.807, 2.05) is 23.9 Å². The number of hydrogen-bond acceptors (Lipinski definition) is 4. The molecule has 98 valence electrons. The van der Waals surface area contributed by atoms with E-state index in [0.29, 0.717) is 16.9 Å². The van der Waals surface area contributed by atoms with Crippen molar-refractivity contribution in [1.82, 2.24) is 0 Å². The average molecular weight is 265 g/mol. The van der Waals surface area contributed by atoms with Gasteiger partial charge in [0.15, 0.2) is 0 Å². The van der Waals surface area contributed by atoms with Crippen LogP contribution in [0.25, 0.3) is 0 Å². The first kappa shape index (κ1) is 13.3. The van der Waals surface area contributed by atoms with Gasteiger partial charge in [0.1, 0.15) is 0 Å². The van der Waals surface area contributed by atoms with Gasteiger partial charge in [0, 0.05) is 22.7 Å². The number of hydrogen-bond donors (Lipinski definition) is 1. The average Bonchev–Trinajstić information content (AvgIpc) is 2.76. The summed E-state index contributed by atoms with van der Waals surface area (Å²) in [6, 6.07) is 6.14. The second-order valence-electron chi connectivity index (χ2n) is 4.74. The molecule has 3 nitrogen and oxygen atoms in total. The van der Waals surface area contributed by atoms with Crippen LogP contribution < -0.4 is 5.32 Å². The fraction of sp³-hybridized carbons (Fsp3) is 0.500. The summed E-state index contributed by atoms with van der Waals surface area (Å²) < 4.78 is 4.75. The van der Waals surface area contributed by atoms with E-state index >= 15 is 0 Å². The Hall–Kier alpha value is -1.16. The topological polar surface area (TPSA) is 38.3 Å². The van der Waals surface area contributed by atoms with Crippen LogP contribution in [0.5, 0.6) is 0 Å². The molecule has 0 spiro atoms. The Labute approximate surface area is 112 Å². The quantitative estimate of drug-likeness (QED) is 0.852. The predicted molar refractivity (Wildman–Crippen MR) is 76.5 cm³/mol. The highest BCUT2D eigenvalue weighted by molar-refractivity contribution is 8.00. The van der Waals surface area contributed by atoms with E-state index in [1.165, 1.54) is 13.5 Å². The lowest BCUT2D eigenvalue weighted by atomic mass is 10.1. The van der Waals surface area contributed by atoms with E-state index in [4.69, 9.17) is 4.74 Å². The molecule has 1 aromatic carbocycles. The van der Waals surface area contributed by atoms with Gasteiger partial charge in [0.05, 0.1) is 12.7 Å². The third-order valence-electron chi connectivity index (χ3n) is 3.22. The number of thioether (sulfide) groups is 1. The van der Waals surface area contributed by atoms with Crippen LogP contribution in [0.1, 0.15) is 29.3 Å². The summed E-state index contributed by atoms with van der Waals surface area (Å²) >= 11 is 1.99. The normalized spacial score (nSPS) is 22.8. The van der Waals surface area contributed by atoms with Crippen molar-refractivity contribution >= 4 is 23.4 Å². The zero-order chi connectivity index (χ0) is 13.1. The molecule has 1 aliphatic heterocycles. The van der Waals surface area contributed by atoms with Crippen LogP contribution in [0.15, 0.2) is 18.2 Å². The molecule has 2 rings (SSSR count). The molecule has 2 unspecified atom stereocenters. The number of anilines is 1. The third-order valence-corrected chi connectivity index (χ3v) is 4.57. The van der Waals surface area contributed by atoms with Crippen molar-refractivity contribution in [1.29, 1.82) is 0 Å². The van der Waals surface area contributed by atoms with Crippen molar-refractivity contribution in [3.05, 3.63) is 29.3 Å². The lowest BCUT2D eigenvalue weighted by Crippen LogP contribution is -2.19. The number of aryl methyl sites for hydroxylation is 1. The van der Waals surface area contributed by atoms with Crippen LogP contribution in [0.4, 0.5) is 5.69 Å². The summed E-state index contributed by atoms with van der Waals surface area (Å²) in [5.41, 5.74) is 2.80. The van der Waals surface area contributed by atoms with Crippen molar-refractivity contribution in [3.63, 3.8) is 0 Å². The van der Waals surface area contributed by atoms with Gasteiger partial charge in [-0.1, -0.05) is 13.0 Å². The van der Waals surface area contributed by atoms with Crippen LogP contribution in [-0.4, -0.2) is 30.1 Å². The number of rotatable bonds is 3. The summed E-state index contributed by atoms with van der Waals surface area (Å²) in [6.07, 6.45) is 1.17. The number of carbonyl (C=O) groups is 1. The lowest BCUT2D eigenvalue weighted by Gasteiger charge is -2.16. The van der Waals surface area contributed by atoms with E-state index in [2.05, 4.69) is 19.2 Å². The smallest absolute Gasteiger partial charge is 0.337 e. The molecule has 1 heterocycles. The van der Waals surface area contributed by atoms with E-state index in [-0.39, 0.29) is 5.97 Å². The second kappa shape index (κ2) is 5.65. The Morgan fingerprint density at radius 1 is 1.50 bits per heavy atom. The number of esters is 1. The lowest BCUT2D eigenvalue weighted by molar-refractivity contribution is 0.0601. The summed E-state index contributed by atoms with van der Waals surface area (Å²) in [4.78, 5) is 11.5. The minimum Gasteiger partial charge on any atom is -0.465 e. The van der Waals surface area contributed by atoms with Gasteiger partial charge in [-0.15, -0.1) is 0 Å². The molecule has 0 radical (unpaired) electrons. The number of methoxy groups -OCH3 is 1. The molecule has 0 aliphatic carbocycles. The first-order valence-corrected chi connectivity index (χ1v) is 7.22. The molecular weight excluding hydrogens is 246 g/mol. The molecule has 1 N–H and O–H groups in total. The molecule has 0 aromatic heterocycles. The number of benzene rings is 1. The Morgan fingerprint density at radius 3 is 2.89 bits per heavy atom. The molecule has 2 atom stereocenters. The fourth-order valence-electron chi connectivity index (χ4n) is 2.16. The van der Waals surface area contributed by atoms with Crippen LogP contribution in [0.2, 0.25) is 0 Å². The van der Waals surface area contributed by atoms with Gasteiger partial charge in [-0.25, -0.2) is 4.79 Å². The molecular formula is C14H19NO2S. The predicted octanol–water partition coefficient (Wildman–Crippen LogP) is 3.09. The Kier molecular flexibility index (Phi) is 4.17. The minimum atomic E-state index is -0.285. The monoisotopic (exact) mass is 265 g/mol. The number of nitrogens with one attached hydrogen (secondary N) is 1. The summed E-state index contributed by atoms with van der Waals surface area (Å²) in [5.74, 6) is 0.843. The van der Waals surface area contributed by atoms with Crippen molar-refractivity contribution in [3.8, 4) is 0 Å². The van der Waals surface area contributed by atoms with Gasteiger partial charge >= 0.3 is 5.97 Å². The highest BCUT2D eigenvalue weighted by Crippen LogP contribution is 2.29. The van der Waals surface area contributed by atoms with Crippen molar-refractivity contribution in [2.24, 2.45) is 0 Å². The SMILES string of the molecule is COC(=O)c1ccc(C)c(NC2CSC(C)C2)c1. The molecule has 0 bridgehead atoms. The molecule has 1 aromatic rings. The van der Waals surface area contributed by atoms with Gasteiger partial charge in [0.25, 0.3) is 0 Å². The molecule has 18 heavy (non-hydrogen) atoms. The Bertz CT molecular complexity index is 447. The van der Waals surface area contributed by atoms with Crippen molar-refractivity contribution < 1.29 is 9.53 Å². The van der Waals surface area contributed by atoms with Gasteiger partial charge < -0.3 is 10.1 Å². The summed E-state index contributed by atoms with van der Waals surface area (Å²) in [6.45, 7) is 4.30.